The number of aromatic nitrogens is 1. The van der Waals surface area contributed by atoms with E-state index in [1.54, 1.807) is 23.2 Å². The summed E-state index contributed by atoms with van der Waals surface area (Å²) in [6.45, 7) is 1.19. The molecule has 3 N–H and O–H groups in total. The Morgan fingerprint density at radius 1 is 1.47 bits per heavy atom. The molecule has 1 saturated heterocycles. The average molecular weight is 327 g/mol. The highest BCUT2D eigenvalue weighted by molar-refractivity contribution is 9.10. The summed E-state index contributed by atoms with van der Waals surface area (Å²) in [4.78, 5) is 18.0. The van der Waals surface area contributed by atoms with Crippen molar-refractivity contribution in [2.45, 2.75) is 12.8 Å². The first kappa shape index (κ1) is 13.8. The molecule has 102 valence electrons. The average Bonchev–Trinajstić information content (AvgIpc) is 2.46. The molecule has 7 heteroatoms. The lowest BCUT2D eigenvalue weighted by atomic mass is 9.95. The second-order valence-corrected chi connectivity index (χ2v) is 5.37. The summed E-state index contributed by atoms with van der Waals surface area (Å²) in [5.74, 6) is 0.214. The fourth-order valence-corrected chi connectivity index (χ4v) is 2.36. The van der Waals surface area contributed by atoms with Crippen molar-refractivity contribution in [1.29, 1.82) is 0 Å². The van der Waals surface area contributed by atoms with Gasteiger partial charge < -0.3 is 15.8 Å². The molecule has 0 radical (unpaired) electrons. The molecule has 2 rings (SSSR count). The van der Waals surface area contributed by atoms with Crippen molar-refractivity contribution in [2.75, 3.05) is 13.1 Å². The molecule has 1 aromatic rings. The first-order valence-electron chi connectivity index (χ1n) is 6.00. The van der Waals surface area contributed by atoms with Crippen molar-refractivity contribution in [3.05, 3.63) is 28.5 Å². The summed E-state index contributed by atoms with van der Waals surface area (Å²) in [7, 11) is 0. The van der Waals surface area contributed by atoms with Crippen LogP contribution in [-0.2, 0) is 0 Å². The SMILES string of the molecule is NC(=NO)C1CCN(C(=O)c2ccc(Br)cn2)CC1. The Kier molecular flexibility index (Phi) is 4.36. The molecule has 0 atom stereocenters. The molecule has 0 aromatic carbocycles. The number of amides is 1. The van der Waals surface area contributed by atoms with E-state index in [0.717, 1.165) is 4.47 Å². The van der Waals surface area contributed by atoms with Crippen LogP contribution in [0.4, 0.5) is 0 Å². The van der Waals surface area contributed by atoms with E-state index in [1.165, 1.54) is 0 Å². The van der Waals surface area contributed by atoms with Gasteiger partial charge in [-0.15, -0.1) is 0 Å². The Balaban J connectivity index is 1.98. The number of carbonyl (C=O) groups excluding carboxylic acids is 1. The van der Waals surface area contributed by atoms with Crippen LogP contribution in [0, 0.1) is 5.92 Å². The van der Waals surface area contributed by atoms with Crippen LogP contribution in [0.25, 0.3) is 0 Å². The molecule has 1 aromatic heterocycles. The van der Waals surface area contributed by atoms with Crippen molar-refractivity contribution in [1.82, 2.24) is 9.88 Å². The first-order valence-corrected chi connectivity index (χ1v) is 6.79. The third kappa shape index (κ3) is 3.23. The second-order valence-electron chi connectivity index (χ2n) is 4.45. The van der Waals surface area contributed by atoms with Gasteiger partial charge in [0, 0.05) is 29.7 Å². The Labute approximate surface area is 119 Å². The summed E-state index contributed by atoms with van der Waals surface area (Å²) >= 11 is 3.28. The number of likely N-dealkylation sites (tertiary alicyclic amines) is 1. The van der Waals surface area contributed by atoms with Gasteiger partial charge >= 0.3 is 0 Å². The summed E-state index contributed by atoms with van der Waals surface area (Å²) < 4.78 is 0.842. The van der Waals surface area contributed by atoms with E-state index >= 15 is 0 Å². The van der Waals surface area contributed by atoms with Crippen LogP contribution in [-0.4, -0.2) is 39.9 Å². The number of hydrogen-bond donors (Lipinski definition) is 2. The fourth-order valence-electron chi connectivity index (χ4n) is 2.12. The highest BCUT2D eigenvalue weighted by atomic mass is 79.9. The van der Waals surface area contributed by atoms with Gasteiger partial charge in [-0.05, 0) is 40.9 Å². The minimum absolute atomic E-state index is 0.0481. The smallest absolute Gasteiger partial charge is 0.272 e. The Morgan fingerprint density at radius 3 is 2.68 bits per heavy atom. The third-order valence-electron chi connectivity index (χ3n) is 3.26. The van der Waals surface area contributed by atoms with Gasteiger partial charge in [-0.2, -0.15) is 0 Å². The van der Waals surface area contributed by atoms with Crippen LogP contribution in [0.2, 0.25) is 0 Å². The third-order valence-corrected chi connectivity index (χ3v) is 3.73. The molecule has 1 aliphatic rings. The summed E-state index contributed by atoms with van der Waals surface area (Å²) in [6.07, 6.45) is 3.02. The quantitative estimate of drug-likeness (QED) is 0.372. The number of piperidine rings is 1. The molecular formula is C12H15BrN4O2. The minimum atomic E-state index is -0.0783. The lowest BCUT2D eigenvalue weighted by molar-refractivity contribution is 0.0703. The highest BCUT2D eigenvalue weighted by Gasteiger charge is 2.26. The fraction of sp³-hybridized carbons (Fsp3) is 0.417. The number of hydrogen-bond acceptors (Lipinski definition) is 4. The van der Waals surface area contributed by atoms with E-state index < -0.39 is 0 Å². The maximum atomic E-state index is 12.2. The van der Waals surface area contributed by atoms with E-state index in [2.05, 4.69) is 26.1 Å². The number of pyridine rings is 1. The van der Waals surface area contributed by atoms with Gasteiger partial charge in [0.15, 0.2) is 0 Å². The summed E-state index contributed by atoms with van der Waals surface area (Å²) in [6, 6.07) is 3.49. The number of halogens is 1. The molecule has 1 fully saturated rings. The van der Waals surface area contributed by atoms with Crippen LogP contribution >= 0.6 is 15.9 Å². The number of rotatable bonds is 2. The summed E-state index contributed by atoms with van der Waals surface area (Å²) in [5, 5.41) is 11.7. The monoisotopic (exact) mass is 326 g/mol. The van der Waals surface area contributed by atoms with Gasteiger partial charge in [0.2, 0.25) is 0 Å². The molecule has 19 heavy (non-hydrogen) atoms. The Hall–Kier alpha value is -1.63. The van der Waals surface area contributed by atoms with Crippen LogP contribution < -0.4 is 5.73 Å². The molecule has 0 saturated carbocycles. The van der Waals surface area contributed by atoms with Crippen LogP contribution in [0.1, 0.15) is 23.3 Å². The van der Waals surface area contributed by atoms with Gasteiger partial charge in [0.25, 0.3) is 5.91 Å². The van der Waals surface area contributed by atoms with Gasteiger partial charge in [0.1, 0.15) is 11.5 Å². The number of oxime groups is 1. The molecule has 0 aliphatic carbocycles. The molecule has 0 unspecified atom stereocenters. The molecule has 6 nitrogen and oxygen atoms in total. The Morgan fingerprint density at radius 2 is 2.16 bits per heavy atom. The van der Waals surface area contributed by atoms with E-state index in [4.69, 9.17) is 10.9 Å². The van der Waals surface area contributed by atoms with E-state index in [0.29, 0.717) is 31.6 Å². The van der Waals surface area contributed by atoms with Crippen molar-refractivity contribution in [3.63, 3.8) is 0 Å². The van der Waals surface area contributed by atoms with Crippen molar-refractivity contribution in [2.24, 2.45) is 16.8 Å². The van der Waals surface area contributed by atoms with E-state index in [1.807, 2.05) is 0 Å². The number of nitrogens with zero attached hydrogens (tertiary/aromatic N) is 3. The Bertz CT molecular complexity index is 481. The molecule has 0 spiro atoms. The predicted molar refractivity (Wildman–Crippen MR) is 74.0 cm³/mol. The van der Waals surface area contributed by atoms with Crippen molar-refractivity contribution < 1.29 is 10.0 Å². The van der Waals surface area contributed by atoms with E-state index in [9.17, 15) is 4.79 Å². The normalized spacial score (nSPS) is 17.5. The largest absolute Gasteiger partial charge is 0.409 e. The highest BCUT2D eigenvalue weighted by Crippen LogP contribution is 2.19. The van der Waals surface area contributed by atoms with Crippen molar-refractivity contribution in [3.8, 4) is 0 Å². The zero-order valence-electron chi connectivity index (χ0n) is 10.3. The standard InChI is InChI=1S/C12H15BrN4O2/c13-9-1-2-10(15-7-9)12(18)17-5-3-8(4-6-17)11(14)16-19/h1-2,7-8,19H,3-6H2,(H2,14,16). The number of nitrogens with two attached hydrogens (primary N) is 1. The zero-order chi connectivity index (χ0) is 13.8. The lowest BCUT2D eigenvalue weighted by Crippen LogP contribution is -2.42. The molecular weight excluding hydrogens is 312 g/mol. The van der Waals surface area contributed by atoms with Gasteiger partial charge in [0.05, 0.1) is 0 Å². The van der Waals surface area contributed by atoms with Gasteiger partial charge in [-0.3, -0.25) is 4.79 Å². The summed E-state index contributed by atoms with van der Waals surface area (Å²) in [5.41, 5.74) is 6.01. The maximum Gasteiger partial charge on any atom is 0.272 e. The van der Waals surface area contributed by atoms with Crippen LogP contribution in [0.15, 0.2) is 28.0 Å². The molecule has 0 bridgehead atoms. The predicted octanol–water partition coefficient (Wildman–Crippen LogP) is 1.44. The molecule has 2 heterocycles. The van der Waals surface area contributed by atoms with Crippen LogP contribution in [0.3, 0.4) is 0 Å². The zero-order valence-corrected chi connectivity index (χ0v) is 11.9. The van der Waals surface area contributed by atoms with Gasteiger partial charge in [-0.1, -0.05) is 5.16 Å². The second kappa shape index (κ2) is 6.01. The first-order chi connectivity index (χ1) is 9.11. The minimum Gasteiger partial charge on any atom is -0.409 e. The number of amidine groups is 1. The molecule has 1 amide bonds. The lowest BCUT2D eigenvalue weighted by Gasteiger charge is -2.31. The topological polar surface area (TPSA) is 91.8 Å². The molecule has 1 aliphatic heterocycles. The van der Waals surface area contributed by atoms with Crippen LogP contribution in [0.5, 0.6) is 0 Å². The van der Waals surface area contributed by atoms with E-state index in [-0.39, 0.29) is 17.7 Å². The van der Waals surface area contributed by atoms with Crippen molar-refractivity contribution >= 4 is 27.7 Å². The van der Waals surface area contributed by atoms with Gasteiger partial charge in [-0.25, -0.2) is 4.98 Å². The number of carbonyl (C=O) groups is 1. The maximum absolute atomic E-state index is 12.2.